The van der Waals surface area contributed by atoms with Gasteiger partial charge in [0.25, 0.3) is 5.56 Å². The highest BCUT2D eigenvalue weighted by atomic mass is 19.1. The van der Waals surface area contributed by atoms with Crippen LogP contribution in [0.1, 0.15) is 11.5 Å². The van der Waals surface area contributed by atoms with E-state index in [9.17, 15) is 14.0 Å². The lowest BCUT2D eigenvalue weighted by Gasteiger charge is -2.11. The van der Waals surface area contributed by atoms with E-state index in [1.807, 2.05) is 6.07 Å². The number of fused-ring (bicyclic) bond motifs is 1. The summed E-state index contributed by atoms with van der Waals surface area (Å²) in [5.41, 5.74) is 0.683. The summed E-state index contributed by atoms with van der Waals surface area (Å²) in [7, 11) is 0. The molecule has 0 spiro atoms. The number of halogens is 1. The topological polar surface area (TPSA) is 76.9 Å². The highest BCUT2D eigenvalue weighted by Gasteiger charge is 2.12. The van der Waals surface area contributed by atoms with Crippen molar-refractivity contribution in [2.24, 2.45) is 0 Å². The number of benzene rings is 1. The van der Waals surface area contributed by atoms with E-state index in [2.05, 4.69) is 15.3 Å². The maximum atomic E-state index is 13.4. The van der Waals surface area contributed by atoms with Crippen LogP contribution in [0.15, 0.2) is 47.4 Å². The van der Waals surface area contributed by atoms with Gasteiger partial charge in [-0.3, -0.25) is 19.1 Å². The predicted molar refractivity (Wildman–Crippen MR) is 86.8 cm³/mol. The fraction of sp³-hybridized carbons (Fsp3) is 0.176. The van der Waals surface area contributed by atoms with Crippen molar-refractivity contribution in [2.75, 3.05) is 0 Å². The third kappa shape index (κ3) is 3.29. The molecule has 0 bridgehead atoms. The van der Waals surface area contributed by atoms with Crippen LogP contribution in [0.25, 0.3) is 10.9 Å². The molecule has 0 unspecified atom stereocenters. The van der Waals surface area contributed by atoms with E-state index in [1.54, 1.807) is 25.3 Å². The van der Waals surface area contributed by atoms with Crippen molar-refractivity contribution in [1.29, 1.82) is 0 Å². The molecule has 0 aliphatic rings. The normalized spacial score (nSPS) is 10.8. The van der Waals surface area contributed by atoms with E-state index in [4.69, 9.17) is 0 Å². The Morgan fingerprint density at radius 2 is 2.12 bits per heavy atom. The highest BCUT2D eigenvalue weighted by Crippen LogP contribution is 2.10. The predicted octanol–water partition coefficient (Wildman–Crippen LogP) is 1.56. The minimum atomic E-state index is -0.517. The van der Waals surface area contributed by atoms with Gasteiger partial charge in [-0.1, -0.05) is 6.07 Å². The summed E-state index contributed by atoms with van der Waals surface area (Å²) in [4.78, 5) is 32.9. The molecule has 122 valence electrons. The number of aryl methyl sites for hydroxylation is 1. The van der Waals surface area contributed by atoms with Crippen molar-refractivity contribution < 1.29 is 9.18 Å². The van der Waals surface area contributed by atoms with Gasteiger partial charge in [0, 0.05) is 6.20 Å². The minimum Gasteiger partial charge on any atom is -0.349 e. The lowest BCUT2D eigenvalue weighted by molar-refractivity contribution is -0.121. The summed E-state index contributed by atoms with van der Waals surface area (Å²) in [6.07, 6.45) is 1.64. The van der Waals surface area contributed by atoms with E-state index in [0.29, 0.717) is 17.0 Å². The van der Waals surface area contributed by atoms with Crippen LogP contribution in [0.4, 0.5) is 4.39 Å². The molecule has 0 radical (unpaired) electrons. The van der Waals surface area contributed by atoms with Gasteiger partial charge < -0.3 is 5.32 Å². The van der Waals surface area contributed by atoms with Crippen molar-refractivity contribution in [1.82, 2.24) is 19.9 Å². The van der Waals surface area contributed by atoms with Gasteiger partial charge in [-0.05, 0) is 37.3 Å². The lowest BCUT2D eigenvalue weighted by atomic mass is 10.2. The molecule has 0 atom stereocenters. The standard InChI is InChI=1S/C17H15FN4O2/c1-11-21-15-6-5-12(18)8-14(15)17(24)22(11)10-16(23)20-9-13-4-2-3-7-19-13/h2-8H,9-10H2,1H3,(H,20,23). The second kappa shape index (κ2) is 6.57. The van der Waals surface area contributed by atoms with Crippen LogP contribution in [0.2, 0.25) is 0 Å². The molecular weight excluding hydrogens is 311 g/mol. The largest absolute Gasteiger partial charge is 0.349 e. The van der Waals surface area contributed by atoms with Crippen LogP contribution in [0.3, 0.4) is 0 Å². The van der Waals surface area contributed by atoms with E-state index in [0.717, 1.165) is 6.07 Å². The number of carbonyl (C=O) groups excluding carboxylic acids is 1. The smallest absolute Gasteiger partial charge is 0.261 e. The van der Waals surface area contributed by atoms with Gasteiger partial charge in [0.05, 0.1) is 23.1 Å². The molecule has 0 saturated carbocycles. The first-order valence-electron chi connectivity index (χ1n) is 7.38. The van der Waals surface area contributed by atoms with Crippen LogP contribution < -0.4 is 10.9 Å². The number of hydrogen-bond donors (Lipinski definition) is 1. The minimum absolute atomic E-state index is 0.151. The first-order valence-corrected chi connectivity index (χ1v) is 7.38. The Kier molecular flexibility index (Phi) is 4.33. The van der Waals surface area contributed by atoms with E-state index >= 15 is 0 Å². The second-order valence-electron chi connectivity index (χ2n) is 5.31. The molecule has 3 rings (SSSR count). The van der Waals surface area contributed by atoms with Gasteiger partial charge in [0.15, 0.2) is 0 Å². The maximum Gasteiger partial charge on any atom is 0.261 e. The van der Waals surface area contributed by atoms with Gasteiger partial charge in [-0.15, -0.1) is 0 Å². The van der Waals surface area contributed by atoms with Crippen LogP contribution in [0.5, 0.6) is 0 Å². The molecule has 0 aliphatic heterocycles. The van der Waals surface area contributed by atoms with Crippen LogP contribution in [0, 0.1) is 12.7 Å². The summed E-state index contributed by atoms with van der Waals surface area (Å²) in [5, 5.41) is 2.85. The van der Waals surface area contributed by atoms with Gasteiger partial charge in [0.2, 0.25) is 5.91 Å². The number of rotatable bonds is 4. The summed E-state index contributed by atoms with van der Waals surface area (Å²) in [6, 6.07) is 9.23. The maximum absolute atomic E-state index is 13.4. The zero-order valence-corrected chi connectivity index (χ0v) is 13.0. The third-order valence-corrected chi connectivity index (χ3v) is 3.60. The first kappa shape index (κ1) is 15.8. The Morgan fingerprint density at radius 3 is 2.88 bits per heavy atom. The Labute approximate surface area is 137 Å². The molecule has 0 aliphatic carbocycles. The summed E-state index contributed by atoms with van der Waals surface area (Å²) >= 11 is 0. The Morgan fingerprint density at radius 1 is 1.29 bits per heavy atom. The van der Waals surface area contributed by atoms with E-state index < -0.39 is 11.4 Å². The van der Waals surface area contributed by atoms with E-state index in [-0.39, 0.29) is 24.4 Å². The molecule has 2 heterocycles. The summed E-state index contributed by atoms with van der Waals surface area (Å²) in [6.45, 7) is 1.72. The molecule has 7 heteroatoms. The number of pyridine rings is 1. The molecule has 1 N–H and O–H groups in total. The van der Waals surface area contributed by atoms with Crippen LogP contribution in [-0.2, 0) is 17.9 Å². The molecule has 2 aromatic heterocycles. The number of nitrogens with zero attached hydrogens (tertiary/aromatic N) is 3. The average molecular weight is 326 g/mol. The Bertz CT molecular complexity index is 954. The van der Waals surface area contributed by atoms with Gasteiger partial charge in [-0.25, -0.2) is 9.37 Å². The molecule has 3 aromatic rings. The molecule has 6 nitrogen and oxygen atoms in total. The van der Waals surface area contributed by atoms with Crippen LogP contribution in [-0.4, -0.2) is 20.4 Å². The zero-order chi connectivity index (χ0) is 17.1. The molecule has 24 heavy (non-hydrogen) atoms. The highest BCUT2D eigenvalue weighted by molar-refractivity contribution is 5.79. The van der Waals surface area contributed by atoms with E-state index in [1.165, 1.54) is 16.7 Å². The number of hydrogen-bond acceptors (Lipinski definition) is 4. The van der Waals surface area contributed by atoms with Crippen molar-refractivity contribution in [2.45, 2.75) is 20.0 Å². The fourth-order valence-electron chi connectivity index (χ4n) is 2.38. The van der Waals surface area contributed by atoms with Crippen molar-refractivity contribution >= 4 is 16.8 Å². The molecule has 1 aromatic carbocycles. The molecular formula is C17H15FN4O2. The fourth-order valence-corrected chi connectivity index (χ4v) is 2.38. The van der Waals surface area contributed by atoms with Crippen LogP contribution >= 0.6 is 0 Å². The summed E-state index contributed by atoms with van der Waals surface area (Å²) in [5.74, 6) is -0.466. The Balaban J connectivity index is 1.81. The number of nitrogens with one attached hydrogen (secondary N) is 1. The molecule has 0 fully saturated rings. The van der Waals surface area contributed by atoms with Gasteiger partial charge in [0.1, 0.15) is 18.2 Å². The zero-order valence-electron chi connectivity index (χ0n) is 13.0. The molecule has 1 amide bonds. The Hall–Kier alpha value is -3.09. The lowest BCUT2D eigenvalue weighted by Crippen LogP contribution is -2.33. The number of carbonyl (C=O) groups is 1. The average Bonchev–Trinajstić information content (AvgIpc) is 2.58. The number of aromatic nitrogens is 3. The van der Waals surface area contributed by atoms with Crippen molar-refractivity contribution in [3.8, 4) is 0 Å². The second-order valence-corrected chi connectivity index (χ2v) is 5.31. The SMILES string of the molecule is Cc1nc2ccc(F)cc2c(=O)n1CC(=O)NCc1ccccn1. The number of amides is 1. The van der Waals surface area contributed by atoms with Crippen molar-refractivity contribution in [3.05, 3.63) is 70.3 Å². The monoisotopic (exact) mass is 326 g/mol. The first-order chi connectivity index (χ1) is 11.5. The quantitative estimate of drug-likeness (QED) is 0.789. The van der Waals surface area contributed by atoms with Gasteiger partial charge in [-0.2, -0.15) is 0 Å². The third-order valence-electron chi connectivity index (χ3n) is 3.60. The summed E-state index contributed by atoms with van der Waals surface area (Å²) < 4.78 is 14.6. The van der Waals surface area contributed by atoms with Crippen molar-refractivity contribution in [3.63, 3.8) is 0 Å². The van der Waals surface area contributed by atoms with Gasteiger partial charge >= 0.3 is 0 Å². The molecule has 0 saturated heterocycles.